The first-order valence-electron chi connectivity index (χ1n) is 10.4. The summed E-state index contributed by atoms with van der Waals surface area (Å²) >= 11 is 0. The van der Waals surface area contributed by atoms with Gasteiger partial charge in [-0.15, -0.1) is 0 Å². The maximum Gasteiger partial charge on any atom is 0.335 e. The molecule has 0 fully saturated rings. The Kier molecular flexibility index (Phi) is 8.14. The second-order valence-electron chi connectivity index (χ2n) is 7.17. The minimum atomic E-state index is -0.950. The summed E-state index contributed by atoms with van der Waals surface area (Å²) in [5.74, 6) is 0.847. The van der Waals surface area contributed by atoms with Gasteiger partial charge in [-0.1, -0.05) is 43.7 Å². The molecule has 3 N–H and O–H groups in total. The number of hydrogen-bond acceptors (Lipinski definition) is 6. The summed E-state index contributed by atoms with van der Waals surface area (Å²) in [6.45, 7) is 3.31. The number of carbonyl (C=O) groups is 2. The van der Waals surface area contributed by atoms with E-state index in [0.29, 0.717) is 18.8 Å². The van der Waals surface area contributed by atoms with Gasteiger partial charge in [0.25, 0.3) is 0 Å². The van der Waals surface area contributed by atoms with Gasteiger partial charge in [-0.3, -0.25) is 10.1 Å². The zero-order valence-corrected chi connectivity index (χ0v) is 17.9. The van der Waals surface area contributed by atoms with Gasteiger partial charge < -0.3 is 15.2 Å². The Hall–Kier alpha value is -3.94. The van der Waals surface area contributed by atoms with E-state index in [1.54, 1.807) is 36.5 Å². The van der Waals surface area contributed by atoms with Crippen molar-refractivity contribution < 1.29 is 19.4 Å². The van der Waals surface area contributed by atoms with Gasteiger partial charge >= 0.3 is 5.97 Å². The minimum Gasteiger partial charge on any atom is -0.488 e. The molecule has 8 nitrogen and oxygen atoms in total. The number of nitrogens with one attached hydrogen (secondary N) is 2. The molecule has 3 aromatic rings. The van der Waals surface area contributed by atoms with E-state index in [9.17, 15) is 9.59 Å². The van der Waals surface area contributed by atoms with Crippen LogP contribution in [0.25, 0.3) is 0 Å². The number of ether oxygens (including phenoxy) is 1. The van der Waals surface area contributed by atoms with Gasteiger partial charge in [0.1, 0.15) is 18.2 Å². The number of hydrogen-bond donors (Lipinski definition) is 3. The van der Waals surface area contributed by atoms with E-state index < -0.39 is 5.97 Å². The fraction of sp³-hybridized carbons (Fsp3) is 0.250. The molecule has 1 aromatic heterocycles. The third-order valence-electron chi connectivity index (χ3n) is 4.69. The number of carboxylic acids is 1. The van der Waals surface area contributed by atoms with Crippen LogP contribution < -0.4 is 15.4 Å². The summed E-state index contributed by atoms with van der Waals surface area (Å²) in [7, 11) is 0. The molecule has 166 valence electrons. The lowest BCUT2D eigenvalue weighted by atomic mass is 10.1. The van der Waals surface area contributed by atoms with Crippen LogP contribution in [0.2, 0.25) is 0 Å². The van der Waals surface area contributed by atoms with Crippen LogP contribution in [-0.4, -0.2) is 27.0 Å². The third-order valence-corrected chi connectivity index (χ3v) is 4.69. The number of para-hydroxylation sites is 1. The van der Waals surface area contributed by atoms with Crippen molar-refractivity contribution in [3.63, 3.8) is 0 Å². The number of nitrogens with zero attached hydrogens (tertiary/aromatic N) is 2. The smallest absolute Gasteiger partial charge is 0.335 e. The average Bonchev–Trinajstić information content (AvgIpc) is 2.78. The summed E-state index contributed by atoms with van der Waals surface area (Å²) in [5.41, 5.74) is 2.50. The number of benzene rings is 2. The van der Waals surface area contributed by atoms with Gasteiger partial charge in [-0.2, -0.15) is 4.98 Å². The molecule has 0 saturated heterocycles. The number of carboxylic acid groups (broad SMARTS) is 1. The van der Waals surface area contributed by atoms with E-state index in [2.05, 4.69) is 26.7 Å². The zero-order valence-electron chi connectivity index (χ0n) is 17.9. The maximum atomic E-state index is 11.7. The number of anilines is 2. The first kappa shape index (κ1) is 22.7. The molecule has 0 radical (unpaired) electrons. The Bertz CT molecular complexity index is 1030. The Balaban J connectivity index is 0.000000297. The largest absolute Gasteiger partial charge is 0.488 e. The van der Waals surface area contributed by atoms with Crippen molar-refractivity contribution in [2.24, 2.45) is 0 Å². The van der Waals surface area contributed by atoms with Crippen LogP contribution >= 0.6 is 0 Å². The molecule has 0 atom stereocenters. The highest BCUT2D eigenvalue weighted by atomic mass is 16.5. The SMILES string of the molecule is CCCCC(=O)Nc1nccc(NCc2ccc(C(=O)O)cc2)n1.c1ccc2c(c1)CO2. The van der Waals surface area contributed by atoms with Crippen LogP contribution in [0.4, 0.5) is 11.8 Å². The Labute approximate surface area is 186 Å². The van der Waals surface area contributed by atoms with E-state index in [4.69, 9.17) is 9.84 Å². The fourth-order valence-corrected chi connectivity index (χ4v) is 2.84. The lowest BCUT2D eigenvalue weighted by Gasteiger charge is -2.18. The Morgan fingerprint density at radius 1 is 1.09 bits per heavy atom. The quantitative estimate of drug-likeness (QED) is 0.478. The molecule has 2 aromatic carbocycles. The molecule has 1 amide bonds. The molecule has 0 saturated carbocycles. The molecule has 2 heterocycles. The monoisotopic (exact) mass is 434 g/mol. The standard InChI is InChI=1S/C17H20N4O3.C7H6O/c1-2-3-4-15(22)21-17-18-10-9-14(20-17)19-11-12-5-7-13(8-6-12)16(23)24;1-2-4-7-6(3-1)5-8-7/h5-10H,2-4,11H2,1H3,(H,23,24)(H2,18,19,20,21,22);1-4H,5H2. The summed E-state index contributed by atoms with van der Waals surface area (Å²) in [5, 5.41) is 14.7. The fourth-order valence-electron chi connectivity index (χ4n) is 2.84. The molecule has 0 bridgehead atoms. The molecule has 1 aliphatic rings. The second kappa shape index (κ2) is 11.5. The molecule has 0 unspecified atom stereocenters. The molecular formula is C24H26N4O4. The van der Waals surface area contributed by atoms with Crippen molar-refractivity contribution in [2.45, 2.75) is 39.3 Å². The summed E-state index contributed by atoms with van der Waals surface area (Å²) in [6, 6.07) is 16.4. The van der Waals surface area contributed by atoms with Crippen molar-refractivity contribution in [2.75, 3.05) is 10.6 Å². The first-order chi connectivity index (χ1) is 15.5. The molecule has 32 heavy (non-hydrogen) atoms. The van der Waals surface area contributed by atoms with Gasteiger partial charge in [0.2, 0.25) is 11.9 Å². The van der Waals surface area contributed by atoms with Crippen LogP contribution in [0.15, 0.2) is 60.8 Å². The van der Waals surface area contributed by atoms with Gasteiger partial charge in [0.15, 0.2) is 0 Å². The van der Waals surface area contributed by atoms with Crippen molar-refractivity contribution in [3.05, 3.63) is 77.5 Å². The predicted molar refractivity (Wildman–Crippen MR) is 122 cm³/mol. The van der Waals surface area contributed by atoms with E-state index >= 15 is 0 Å². The number of carbonyl (C=O) groups excluding carboxylic acids is 1. The molecule has 0 spiro atoms. The number of fused-ring (bicyclic) bond motifs is 1. The predicted octanol–water partition coefficient (Wildman–Crippen LogP) is 4.49. The van der Waals surface area contributed by atoms with Gasteiger partial charge in [0.05, 0.1) is 5.56 Å². The number of unbranched alkanes of at least 4 members (excludes halogenated alkanes) is 1. The molecular weight excluding hydrogens is 408 g/mol. The number of aromatic carboxylic acids is 1. The van der Waals surface area contributed by atoms with E-state index in [0.717, 1.165) is 30.8 Å². The Morgan fingerprint density at radius 3 is 2.47 bits per heavy atom. The van der Waals surface area contributed by atoms with E-state index in [-0.39, 0.29) is 17.4 Å². The lowest BCUT2D eigenvalue weighted by molar-refractivity contribution is -0.116. The van der Waals surface area contributed by atoms with Crippen LogP contribution in [0, 0.1) is 0 Å². The maximum absolute atomic E-state index is 11.7. The average molecular weight is 434 g/mol. The highest BCUT2D eigenvalue weighted by Gasteiger charge is 2.10. The number of rotatable bonds is 8. The highest BCUT2D eigenvalue weighted by Crippen LogP contribution is 2.27. The molecule has 0 aliphatic carbocycles. The van der Waals surface area contributed by atoms with Gasteiger partial charge in [-0.05, 0) is 36.2 Å². The summed E-state index contributed by atoms with van der Waals surface area (Å²) in [4.78, 5) is 30.8. The third kappa shape index (κ3) is 6.80. The van der Waals surface area contributed by atoms with Crippen molar-refractivity contribution >= 4 is 23.6 Å². The Morgan fingerprint density at radius 2 is 1.88 bits per heavy atom. The van der Waals surface area contributed by atoms with Gasteiger partial charge in [0, 0.05) is 24.7 Å². The van der Waals surface area contributed by atoms with Crippen molar-refractivity contribution in [3.8, 4) is 5.75 Å². The summed E-state index contributed by atoms with van der Waals surface area (Å²) in [6.07, 6.45) is 3.80. The second-order valence-corrected chi connectivity index (χ2v) is 7.17. The number of aromatic nitrogens is 2. The molecule has 1 aliphatic heterocycles. The van der Waals surface area contributed by atoms with Crippen LogP contribution in [0.1, 0.15) is 47.7 Å². The summed E-state index contributed by atoms with van der Waals surface area (Å²) < 4.78 is 5.08. The van der Waals surface area contributed by atoms with Crippen molar-refractivity contribution in [1.82, 2.24) is 9.97 Å². The molecule has 4 rings (SSSR count). The van der Waals surface area contributed by atoms with Crippen LogP contribution in [0.3, 0.4) is 0 Å². The first-order valence-corrected chi connectivity index (χ1v) is 10.4. The highest BCUT2D eigenvalue weighted by molar-refractivity contribution is 5.89. The normalized spacial score (nSPS) is 11.0. The zero-order chi connectivity index (χ0) is 22.8. The minimum absolute atomic E-state index is 0.0988. The molecule has 8 heteroatoms. The van der Waals surface area contributed by atoms with Crippen molar-refractivity contribution in [1.29, 1.82) is 0 Å². The van der Waals surface area contributed by atoms with Gasteiger partial charge in [-0.25, -0.2) is 9.78 Å². The van der Waals surface area contributed by atoms with Crippen LogP contribution in [0.5, 0.6) is 5.75 Å². The van der Waals surface area contributed by atoms with E-state index in [1.807, 2.05) is 25.1 Å². The topological polar surface area (TPSA) is 113 Å². The number of amides is 1. The lowest BCUT2D eigenvalue weighted by Crippen LogP contribution is -2.14. The van der Waals surface area contributed by atoms with E-state index in [1.165, 1.54) is 5.56 Å². The van der Waals surface area contributed by atoms with Crippen LogP contribution in [-0.2, 0) is 17.9 Å².